The molecule has 0 aliphatic heterocycles. The molecule has 2 N–H and O–H groups in total. The summed E-state index contributed by atoms with van der Waals surface area (Å²) in [5, 5.41) is 15.7. The molecule has 1 aromatic rings. The van der Waals surface area contributed by atoms with Gasteiger partial charge in [-0.25, -0.2) is 0 Å². The molecule has 1 saturated carbocycles. The summed E-state index contributed by atoms with van der Waals surface area (Å²) >= 11 is 5.16. The van der Waals surface area contributed by atoms with Crippen molar-refractivity contribution in [2.75, 3.05) is 6.61 Å². The first-order valence-electron chi connectivity index (χ1n) is 5.09. The molecule has 1 aliphatic rings. The van der Waals surface area contributed by atoms with Crippen LogP contribution in [0.5, 0.6) is 0 Å². The number of aliphatic hydroxyl groups excluding tert-OH is 1. The predicted octanol–water partition coefficient (Wildman–Crippen LogP) is 1.59. The van der Waals surface area contributed by atoms with Gasteiger partial charge in [-0.15, -0.1) is 0 Å². The van der Waals surface area contributed by atoms with Gasteiger partial charge in [0, 0.05) is 19.1 Å². The molecule has 0 radical (unpaired) electrons. The summed E-state index contributed by atoms with van der Waals surface area (Å²) in [4.78, 5) is 0. The smallest absolute Gasteiger partial charge is 0.195 e. The number of nitrogens with one attached hydrogen (secondary N) is 1. The quantitative estimate of drug-likeness (QED) is 0.577. The minimum atomic E-state index is 0.259. The fourth-order valence-corrected chi connectivity index (χ4v) is 1.92. The summed E-state index contributed by atoms with van der Waals surface area (Å²) in [6.45, 7) is 0.259. The van der Waals surface area contributed by atoms with Crippen LogP contribution in [0.4, 0.5) is 0 Å². The zero-order valence-corrected chi connectivity index (χ0v) is 8.89. The van der Waals surface area contributed by atoms with Crippen molar-refractivity contribution in [1.82, 2.24) is 14.8 Å². The lowest BCUT2D eigenvalue weighted by Gasteiger charge is -2.03. The van der Waals surface area contributed by atoms with E-state index in [-0.39, 0.29) is 6.61 Å². The van der Waals surface area contributed by atoms with Gasteiger partial charge in [0.25, 0.3) is 0 Å². The van der Waals surface area contributed by atoms with Crippen molar-refractivity contribution in [2.24, 2.45) is 0 Å². The fraction of sp³-hybridized carbons (Fsp3) is 0.778. The number of aromatic amines is 1. The van der Waals surface area contributed by atoms with Crippen LogP contribution in [0.2, 0.25) is 0 Å². The van der Waals surface area contributed by atoms with Crippen molar-refractivity contribution in [3.63, 3.8) is 0 Å². The lowest BCUT2D eigenvalue weighted by atomic mass is 10.2. The standard InChI is InChI=1S/C9H15N3OS/c13-6-2-1-3-8-10-11-9(14)12(8)7-4-5-7/h7,13H,1-6H2,(H,11,14). The lowest BCUT2D eigenvalue weighted by Crippen LogP contribution is -2.02. The van der Waals surface area contributed by atoms with E-state index in [1.54, 1.807) is 0 Å². The van der Waals surface area contributed by atoms with Crippen molar-refractivity contribution in [3.8, 4) is 0 Å². The topological polar surface area (TPSA) is 53.8 Å². The number of aliphatic hydroxyl groups is 1. The van der Waals surface area contributed by atoms with Crippen molar-refractivity contribution in [3.05, 3.63) is 10.6 Å². The van der Waals surface area contributed by atoms with E-state index in [9.17, 15) is 0 Å². The maximum absolute atomic E-state index is 8.68. The number of aryl methyl sites for hydroxylation is 1. The molecule has 0 aromatic carbocycles. The van der Waals surface area contributed by atoms with E-state index in [2.05, 4.69) is 14.8 Å². The number of hydrogen-bond donors (Lipinski definition) is 2. The Morgan fingerprint density at radius 2 is 2.29 bits per heavy atom. The summed E-state index contributed by atoms with van der Waals surface area (Å²) in [5.41, 5.74) is 0. The van der Waals surface area contributed by atoms with Crippen LogP contribution in [0, 0.1) is 4.77 Å². The minimum absolute atomic E-state index is 0.259. The third-order valence-corrected chi connectivity index (χ3v) is 2.79. The van der Waals surface area contributed by atoms with Crippen molar-refractivity contribution < 1.29 is 5.11 Å². The highest BCUT2D eigenvalue weighted by atomic mass is 32.1. The van der Waals surface area contributed by atoms with E-state index < -0.39 is 0 Å². The third kappa shape index (κ3) is 2.04. The molecule has 1 fully saturated rings. The van der Waals surface area contributed by atoms with E-state index in [4.69, 9.17) is 17.3 Å². The molecule has 0 unspecified atom stereocenters. The second-order valence-corrected chi connectivity index (χ2v) is 4.11. The maximum atomic E-state index is 8.68. The highest BCUT2D eigenvalue weighted by Crippen LogP contribution is 2.35. The first kappa shape index (κ1) is 9.86. The second-order valence-electron chi connectivity index (χ2n) is 3.73. The largest absolute Gasteiger partial charge is 0.396 e. The van der Waals surface area contributed by atoms with Gasteiger partial charge in [-0.3, -0.25) is 5.10 Å². The number of H-pyrrole nitrogens is 1. The summed E-state index contributed by atoms with van der Waals surface area (Å²) in [6.07, 6.45) is 5.17. The van der Waals surface area contributed by atoms with Gasteiger partial charge < -0.3 is 9.67 Å². The first-order valence-corrected chi connectivity index (χ1v) is 5.50. The highest BCUT2D eigenvalue weighted by Gasteiger charge is 2.26. The number of rotatable bonds is 5. The number of aromatic nitrogens is 3. The fourth-order valence-electron chi connectivity index (χ4n) is 1.62. The first-order chi connectivity index (χ1) is 6.83. The molecular weight excluding hydrogens is 198 g/mol. The molecule has 2 rings (SSSR count). The molecule has 0 bridgehead atoms. The molecule has 5 heteroatoms. The Kier molecular flexibility index (Phi) is 2.98. The average molecular weight is 213 g/mol. The van der Waals surface area contributed by atoms with Crippen LogP contribution in [-0.2, 0) is 6.42 Å². The Hall–Kier alpha value is -0.680. The Morgan fingerprint density at radius 1 is 1.50 bits per heavy atom. The van der Waals surface area contributed by atoms with Gasteiger partial charge in [-0.05, 0) is 37.9 Å². The second kappa shape index (κ2) is 4.23. The minimum Gasteiger partial charge on any atom is -0.396 e. The summed E-state index contributed by atoms with van der Waals surface area (Å²) in [7, 11) is 0. The predicted molar refractivity (Wildman–Crippen MR) is 55.7 cm³/mol. The number of unbranched alkanes of at least 4 members (excludes halogenated alkanes) is 1. The van der Waals surface area contributed by atoms with E-state index >= 15 is 0 Å². The highest BCUT2D eigenvalue weighted by molar-refractivity contribution is 7.71. The third-order valence-electron chi connectivity index (χ3n) is 2.50. The van der Waals surface area contributed by atoms with Crippen LogP contribution in [0.3, 0.4) is 0 Å². The molecule has 0 atom stereocenters. The monoisotopic (exact) mass is 213 g/mol. The molecule has 1 aromatic heterocycles. The van der Waals surface area contributed by atoms with Crippen LogP contribution >= 0.6 is 12.2 Å². The van der Waals surface area contributed by atoms with Gasteiger partial charge in [0.2, 0.25) is 0 Å². The van der Waals surface area contributed by atoms with Gasteiger partial charge in [0.05, 0.1) is 0 Å². The van der Waals surface area contributed by atoms with E-state index in [1.165, 1.54) is 12.8 Å². The normalized spacial score (nSPS) is 16.1. The van der Waals surface area contributed by atoms with Crippen molar-refractivity contribution in [2.45, 2.75) is 38.1 Å². The van der Waals surface area contributed by atoms with Gasteiger partial charge in [-0.1, -0.05) is 0 Å². The van der Waals surface area contributed by atoms with Crippen LogP contribution in [0.15, 0.2) is 0 Å². The van der Waals surface area contributed by atoms with Crippen LogP contribution in [0.1, 0.15) is 37.5 Å². The lowest BCUT2D eigenvalue weighted by molar-refractivity contribution is 0.284. The molecular formula is C9H15N3OS. The molecule has 1 heterocycles. The van der Waals surface area contributed by atoms with E-state index in [0.29, 0.717) is 6.04 Å². The zero-order valence-electron chi connectivity index (χ0n) is 8.07. The summed E-state index contributed by atoms with van der Waals surface area (Å²) < 4.78 is 2.87. The molecule has 0 amide bonds. The van der Waals surface area contributed by atoms with Gasteiger partial charge in [-0.2, -0.15) is 5.10 Å². The Labute approximate surface area is 88.0 Å². The Bertz CT molecular complexity index is 353. The van der Waals surface area contributed by atoms with Gasteiger partial charge >= 0.3 is 0 Å². The SMILES string of the molecule is OCCCCc1n[nH]c(=S)n1C1CC1. The molecule has 14 heavy (non-hydrogen) atoms. The number of hydrogen-bond acceptors (Lipinski definition) is 3. The van der Waals surface area contributed by atoms with Gasteiger partial charge in [0.15, 0.2) is 4.77 Å². The Morgan fingerprint density at radius 3 is 2.93 bits per heavy atom. The molecule has 1 aliphatic carbocycles. The molecule has 78 valence electrons. The number of nitrogens with zero attached hydrogens (tertiary/aromatic N) is 2. The molecule has 0 spiro atoms. The van der Waals surface area contributed by atoms with Crippen LogP contribution in [-0.4, -0.2) is 26.5 Å². The summed E-state index contributed by atoms with van der Waals surface area (Å²) in [5.74, 6) is 1.05. The Balaban J connectivity index is 2.05. The maximum Gasteiger partial charge on any atom is 0.195 e. The van der Waals surface area contributed by atoms with Crippen LogP contribution in [0.25, 0.3) is 0 Å². The van der Waals surface area contributed by atoms with Crippen LogP contribution < -0.4 is 0 Å². The molecule has 0 saturated heterocycles. The zero-order chi connectivity index (χ0) is 9.97. The van der Waals surface area contributed by atoms with Gasteiger partial charge in [0.1, 0.15) is 5.82 Å². The van der Waals surface area contributed by atoms with E-state index in [0.717, 1.165) is 29.9 Å². The van der Waals surface area contributed by atoms with Crippen molar-refractivity contribution in [1.29, 1.82) is 0 Å². The molecule has 4 nitrogen and oxygen atoms in total. The van der Waals surface area contributed by atoms with Crippen molar-refractivity contribution >= 4 is 12.2 Å². The van der Waals surface area contributed by atoms with E-state index in [1.807, 2.05) is 0 Å². The average Bonchev–Trinajstić information content (AvgIpc) is 2.93. The summed E-state index contributed by atoms with van der Waals surface area (Å²) in [6, 6.07) is 0.588.